The maximum atomic E-state index is 12.5. The van der Waals surface area contributed by atoms with E-state index in [2.05, 4.69) is 4.98 Å². The predicted molar refractivity (Wildman–Crippen MR) is 58.0 cm³/mol. The average molecular weight is 334 g/mol. The summed E-state index contributed by atoms with van der Waals surface area (Å²) in [6, 6.07) is 0. The summed E-state index contributed by atoms with van der Waals surface area (Å²) in [5.74, 6) is 0.345. The van der Waals surface area contributed by atoms with E-state index in [1.165, 1.54) is 13.3 Å². The first kappa shape index (κ1) is 11.9. The molecule has 0 unspecified atom stereocenters. The second-order valence-electron chi connectivity index (χ2n) is 2.44. The normalized spacial score (nSPS) is 10.7. The van der Waals surface area contributed by atoms with E-state index in [0.717, 1.165) is 0 Å². The van der Waals surface area contributed by atoms with Crippen LogP contribution in [0.4, 0.5) is 8.78 Å². The second kappa shape index (κ2) is 5.06. The highest BCUT2D eigenvalue weighted by Gasteiger charge is 2.19. The Hall–Kier alpha value is -0.170. The van der Waals surface area contributed by atoms with Gasteiger partial charge in [0.1, 0.15) is 11.4 Å². The van der Waals surface area contributed by atoms with Gasteiger partial charge in [0.2, 0.25) is 0 Å². The van der Waals surface area contributed by atoms with Gasteiger partial charge in [-0.15, -0.1) is 11.6 Å². The zero-order valence-electron chi connectivity index (χ0n) is 7.23. The number of halogens is 4. The Morgan fingerprint density at radius 3 is 2.71 bits per heavy atom. The van der Waals surface area contributed by atoms with Crippen molar-refractivity contribution in [1.29, 1.82) is 0 Å². The van der Waals surface area contributed by atoms with Gasteiger partial charge in [-0.25, -0.2) is 8.78 Å². The van der Waals surface area contributed by atoms with Gasteiger partial charge < -0.3 is 4.74 Å². The number of pyridine rings is 1. The molecule has 0 bridgehead atoms. The van der Waals surface area contributed by atoms with Crippen molar-refractivity contribution in [2.45, 2.75) is 12.3 Å². The molecule has 0 fully saturated rings. The molecule has 78 valence electrons. The molecular formula is C8H7ClF2INO. The van der Waals surface area contributed by atoms with E-state index in [4.69, 9.17) is 16.3 Å². The first-order valence-corrected chi connectivity index (χ1v) is 5.28. The smallest absolute Gasteiger partial charge is 0.280 e. The third kappa shape index (κ3) is 2.25. The summed E-state index contributed by atoms with van der Waals surface area (Å²) in [5.41, 5.74) is -0.0478. The number of aromatic nitrogens is 1. The average Bonchev–Trinajstić information content (AvgIpc) is 2.16. The van der Waals surface area contributed by atoms with Gasteiger partial charge in [0.05, 0.1) is 16.6 Å². The van der Waals surface area contributed by atoms with E-state index in [1.54, 1.807) is 0 Å². The first-order chi connectivity index (χ1) is 6.61. The summed E-state index contributed by atoms with van der Waals surface area (Å²) in [4.78, 5) is 3.64. The molecule has 1 aromatic rings. The van der Waals surface area contributed by atoms with Crippen LogP contribution >= 0.6 is 34.2 Å². The van der Waals surface area contributed by atoms with Crippen molar-refractivity contribution < 1.29 is 13.5 Å². The number of alkyl halides is 3. The summed E-state index contributed by atoms with van der Waals surface area (Å²) >= 11 is 7.53. The van der Waals surface area contributed by atoms with Crippen LogP contribution < -0.4 is 4.74 Å². The molecule has 2 nitrogen and oxygen atoms in total. The fourth-order valence-electron chi connectivity index (χ4n) is 1.06. The quantitative estimate of drug-likeness (QED) is 0.625. The molecule has 0 amide bonds. The monoisotopic (exact) mass is 333 g/mol. The topological polar surface area (TPSA) is 22.1 Å². The van der Waals surface area contributed by atoms with Crippen LogP contribution in [0, 0.1) is 3.57 Å². The van der Waals surface area contributed by atoms with Crippen molar-refractivity contribution in [1.82, 2.24) is 4.98 Å². The molecule has 6 heteroatoms. The van der Waals surface area contributed by atoms with Crippen LogP contribution in [-0.2, 0) is 5.88 Å². The molecular weight excluding hydrogens is 326 g/mol. The van der Waals surface area contributed by atoms with E-state index < -0.39 is 6.43 Å². The lowest BCUT2D eigenvalue weighted by atomic mass is 10.2. The number of hydrogen-bond acceptors (Lipinski definition) is 2. The Bertz CT molecular complexity index is 335. The fourth-order valence-corrected chi connectivity index (χ4v) is 2.00. The van der Waals surface area contributed by atoms with Gasteiger partial charge >= 0.3 is 0 Å². The molecule has 0 aliphatic heterocycles. The maximum Gasteiger partial charge on any atom is 0.280 e. The Balaban J connectivity index is 3.33. The van der Waals surface area contributed by atoms with Crippen molar-refractivity contribution in [3.05, 3.63) is 21.0 Å². The van der Waals surface area contributed by atoms with Crippen molar-refractivity contribution in [2.75, 3.05) is 7.11 Å². The van der Waals surface area contributed by atoms with E-state index in [0.29, 0.717) is 9.32 Å². The van der Waals surface area contributed by atoms with Gasteiger partial charge in [0.25, 0.3) is 6.43 Å². The lowest BCUT2D eigenvalue weighted by molar-refractivity contribution is 0.144. The number of ether oxygens (including phenoxy) is 1. The number of methoxy groups -OCH3 is 1. The Morgan fingerprint density at radius 2 is 2.29 bits per heavy atom. The van der Waals surface area contributed by atoms with E-state index in [1.807, 2.05) is 22.6 Å². The van der Waals surface area contributed by atoms with Crippen LogP contribution in [0.15, 0.2) is 6.20 Å². The molecule has 14 heavy (non-hydrogen) atoms. The molecule has 0 spiro atoms. The van der Waals surface area contributed by atoms with Crippen molar-refractivity contribution in [3.63, 3.8) is 0 Å². The summed E-state index contributed by atoms with van der Waals surface area (Å²) in [6.07, 6.45) is -1.29. The summed E-state index contributed by atoms with van der Waals surface area (Å²) in [5, 5.41) is 0. The third-order valence-electron chi connectivity index (χ3n) is 1.66. The predicted octanol–water partition coefficient (Wildman–Crippen LogP) is 3.37. The Kier molecular flexibility index (Phi) is 4.31. The number of hydrogen-bond donors (Lipinski definition) is 0. The highest BCUT2D eigenvalue weighted by Crippen LogP contribution is 2.32. The molecule has 0 aliphatic carbocycles. The molecule has 0 aromatic carbocycles. The van der Waals surface area contributed by atoms with Gasteiger partial charge in [0, 0.05) is 11.8 Å². The van der Waals surface area contributed by atoms with Gasteiger partial charge in [0.15, 0.2) is 0 Å². The van der Waals surface area contributed by atoms with Gasteiger partial charge in [-0.1, -0.05) is 0 Å². The van der Waals surface area contributed by atoms with Crippen LogP contribution in [-0.4, -0.2) is 12.1 Å². The van der Waals surface area contributed by atoms with Gasteiger partial charge in [-0.2, -0.15) is 0 Å². The lowest BCUT2D eigenvalue weighted by Crippen LogP contribution is -2.02. The Morgan fingerprint density at radius 1 is 1.64 bits per heavy atom. The zero-order valence-corrected chi connectivity index (χ0v) is 10.1. The van der Waals surface area contributed by atoms with Crippen molar-refractivity contribution in [2.24, 2.45) is 0 Å². The molecule has 1 aromatic heterocycles. The molecule has 0 radical (unpaired) electrons. The maximum absolute atomic E-state index is 12.5. The second-order valence-corrected chi connectivity index (χ2v) is 3.87. The van der Waals surface area contributed by atoms with Crippen LogP contribution in [0.2, 0.25) is 0 Å². The van der Waals surface area contributed by atoms with E-state index in [-0.39, 0.29) is 17.1 Å². The van der Waals surface area contributed by atoms with Gasteiger partial charge in [-0.05, 0) is 22.6 Å². The number of rotatable bonds is 3. The molecule has 0 N–H and O–H groups in total. The summed E-state index contributed by atoms with van der Waals surface area (Å²) in [6.45, 7) is 0. The van der Waals surface area contributed by atoms with Crippen molar-refractivity contribution >= 4 is 34.2 Å². The third-order valence-corrected chi connectivity index (χ3v) is 2.70. The SMILES string of the molecule is COc1c(I)cnc(C(F)F)c1CCl. The van der Waals surface area contributed by atoms with Crippen LogP contribution in [0.25, 0.3) is 0 Å². The lowest BCUT2D eigenvalue weighted by Gasteiger charge is -2.11. The minimum atomic E-state index is -2.63. The molecule has 0 aliphatic rings. The fraction of sp³-hybridized carbons (Fsp3) is 0.375. The van der Waals surface area contributed by atoms with Gasteiger partial charge in [-0.3, -0.25) is 4.98 Å². The zero-order chi connectivity index (χ0) is 10.7. The minimum Gasteiger partial charge on any atom is -0.495 e. The molecule has 0 saturated carbocycles. The minimum absolute atomic E-state index is 0.0350. The highest BCUT2D eigenvalue weighted by atomic mass is 127. The standard InChI is InChI=1S/C8H7ClF2INO/c1-14-7-4(2-9)6(8(10)11)13-3-5(7)12/h3,8H,2H2,1H3. The molecule has 0 saturated heterocycles. The number of nitrogens with zero attached hydrogens (tertiary/aromatic N) is 1. The largest absolute Gasteiger partial charge is 0.495 e. The molecule has 0 atom stereocenters. The molecule has 1 rings (SSSR count). The summed E-state index contributed by atoms with van der Waals surface area (Å²) < 4.78 is 30.6. The van der Waals surface area contributed by atoms with Crippen LogP contribution in [0.3, 0.4) is 0 Å². The first-order valence-electron chi connectivity index (χ1n) is 3.67. The summed E-state index contributed by atoms with van der Waals surface area (Å²) in [7, 11) is 1.42. The van der Waals surface area contributed by atoms with E-state index >= 15 is 0 Å². The van der Waals surface area contributed by atoms with Crippen LogP contribution in [0.5, 0.6) is 5.75 Å². The Labute approximate surface area is 98.8 Å². The highest BCUT2D eigenvalue weighted by molar-refractivity contribution is 14.1. The molecule has 1 heterocycles. The van der Waals surface area contributed by atoms with Crippen LogP contribution in [0.1, 0.15) is 17.7 Å². The van der Waals surface area contributed by atoms with E-state index in [9.17, 15) is 8.78 Å². The van der Waals surface area contributed by atoms with Crippen molar-refractivity contribution in [3.8, 4) is 5.75 Å².